The van der Waals surface area contributed by atoms with Crippen LogP contribution in [0.1, 0.15) is 35.6 Å². The van der Waals surface area contributed by atoms with E-state index >= 15 is 0 Å². The van der Waals surface area contributed by atoms with Gasteiger partial charge in [-0.3, -0.25) is 4.79 Å². The van der Waals surface area contributed by atoms with Crippen LogP contribution in [0.25, 0.3) is 0 Å². The van der Waals surface area contributed by atoms with Crippen molar-refractivity contribution in [2.75, 3.05) is 11.1 Å². The SMILES string of the molecule is CC(C)Cn1c(Cc2ccc(Cl)cc2)nnc1SCC(=O)Nc1cccc(C(=O)O)c1. The Morgan fingerprint density at radius 1 is 1.16 bits per heavy atom. The minimum absolute atomic E-state index is 0.119. The monoisotopic (exact) mass is 458 g/mol. The largest absolute Gasteiger partial charge is 0.478 e. The number of carboxylic acids is 1. The van der Waals surface area contributed by atoms with Crippen LogP contribution < -0.4 is 5.32 Å². The summed E-state index contributed by atoms with van der Waals surface area (Å²) in [6.45, 7) is 4.96. The zero-order chi connectivity index (χ0) is 22.4. The number of carbonyl (C=O) groups excluding carboxylic acids is 1. The number of benzene rings is 2. The maximum absolute atomic E-state index is 12.4. The van der Waals surface area contributed by atoms with Gasteiger partial charge in [-0.15, -0.1) is 10.2 Å². The summed E-state index contributed by atoms with van der Waals surface area (Å²) in [4.78, 5) is 23.5. The number of anilines is 1. The number of rotatable bonds is 9. The third-order valence-electron chi connectivity index (χ3n) is 4.34. The van der Waals surface area contributed by atoms with Crippen molar-refractivity contribution in [1.82, 2.24) is 14.8 Å². The van der Waals surface area contributed by atoms with E-state index in [9.17, 15) is 9.59 Å². The van der Waals surface area contributed by atoms with E-state index in [0.717, 1.165) is 17.9 Å². The van der Waals surface area contributed by atoms with Crippen molar-refractivity contribution in [3.63, 3.8) is 0 Å². The van der Waals surface area contributed by atoms with E-state index in [1.165, 1.54) is 23.9 Å². The molecule has 1 heterocycles. The molecule has 0 bridgehead atoms. The smallest absolute Gasteiger partial charge is 0.335 e. The molecular weight excluding hydrogens is 436 g/mol. The summed E-state index contributed by atoms with van der Waals surface area (Å²) in [7, 11) is 0. The first kappa shape index (κ1) is 22.8. The Balaban J connectivity index is 1.68. The summed E-state index contributed by atoms with van der Waals surface area (Å²) < 4.78 is 2.04. The lowest BCUT2D eigenvalue weighted by Gasteiger charge is -2.12. The van der Waals surface area contributed by atoms with Crippen LogP contribution in [0.3, 0.4) is 0 Å². The molecule has 3 rings (SSSR count). The maximum atomic E-state index is 12.4. The first-order chi connectivity index (χ1) is 14.8. The minimum atomic E-state index is -1.04. The van der Waals surface area contributed by atoms with Crippen LogP contribution in [0.15, 0.2) is 53.7 Å². The highest BCUT2D eigenvalue weighted by Crippen LogP contribution is 2.21. The molecule has 0 fully saturated rings. The van der Waals surface area contributed by atoms with E-state index in [4.69, 9.17) is 16.7 Å². The van der Waals surface area contributed by atoms with Crippen molar-refractivity contribution in [3.8, 4) is 0 Å². The van der Waals surface area contributed by atoms with Crippen LogP contribution in [0.5, 0.6) is 0 Å². The van der Waals surface area contributed by atoms with Gasteiger partial charge in [-0.2, -0.15) is 0 Å². The van der Waals surface area contributed by atoms with Gasteiger partial charge in [-0.05, 0) is 41.8 Å². The Labute approximate surface area is 189 Å². The predicted molar refractivity (Wildman–Crippen MR) is 122 cm³/mol. The van der Waals surface area contributed by atoms with E-state index in [1.54, 1.807) is 12.1 Å². The van der Waals surface area contributed by atoms with Gasteiger partial charge in [0.2, 0.25) is 5.91 Å². The first-order valence-electron chi connectivity index (χ1n) is 9.74. The van der Waals surface area contributed by atoms with Crippen LogP contribution in [-0.2, 0) is 17.8 Å². The lowest BCUT2D eigenvalue weighted by atomic mass is 10.1. The normalized spacial score (nSPS) is 11.0. The van der Waals surface area contributed by atoms with Gasteiger partial charge < -0.3 is 15.0 Å². The molecule has 162 valence electrons. The summed E-state index contributed by atoms with van der Waals surface area (Å²) in [5, 5.41) is 21.8. The van der Waals surface area contributed by atoms with Crippen LogP contribution in [0, 0.1) is 5.92 Å². The molecule has 31 heavy (non-hydrogen) atoms. The summed E-state index contributed by atoms with van der Waals surface area (Å²) in [5.74, 6) is 0.0560. The second-order valence-corrected chi connectivity index (χ2v) is 8.81. The topological polar surface area (TPSA) is 97.1 Å². The van der Waals surface area contributed by atoms with Crippen molar-refractivity contribution in [3.05, 3.63) is 70.5 Å². The average Bonchev–Trinajstić information content (AvgIpc) is 3.09. The van der Waals surface area contributed by atoms with E-state index in [-0.39, 0.29) is 17.2 Å². The van der Waals surface area contributed by atoms with Crippen molar-refractivity contribution in [1.29, 1.82) is 0 Å². The number of amides is 1. The molecular formula is C22H23ClN4O3S. The molecule has 7 nitrogen and oxygen atoms in total. The average molecular weight is 459 g/mol. The number of hydrogen-bond donors (Lipinski definition) is 2. The molecule has 0 atom stereocenters. The van der Waals surface area contributed by atoms with Crippen LogP contribution >= 0.6 is 23.4 Å². The number of aromatic nitrogens is 3. The van der Waals surface area contributed by atoms with Crippen molar-refractivity contribution in [2.45, 2.75) is 32.0 Å². The van der Waals surface area contributed by atoms with Gasteiger partial charge in [0.1, 0.15) is 5.82 Å². The Morgan fingerprint density at radius 3 is 2.58 bits per heavy atom. The van der Waals surface area contributed by atoms with E-state index in [2.05, 4.69) is 29.4 Å². The zero-order valence-electron chi connectivity index (χ0n) is 17.2. The fraction of sp³-hybridized carbons (Fsp3) is 0.273. The number of hydrogen-bond acceptors (Lipinski definition) is 5. The maximum Gasteiger partial charge on any atom is 0.335 e. The second kappa shape index (κ2) is 10.5. The number of nitrogens with one attached hydrogen (secondary N) is 1. The molecule has 3 aromatic rings. The second-order valence-electron chi connectivity index (χ2n) is 7.43. The Bertz CT molecular complexity index is 1070. The van der Waals surface area contributed by atoms with Crippen molar-refractivity contribution >= 4 is 40.9 Å². The molecule has 0 saturated carbocycles. The van der Waals surface area contributed by atoms with Crippen molar-refractivity contribution in [2.24, 2.45) is 5.92 Å². The summed E-state index contributed by atoms with van der Waals surface area (Å²) in [5.41, 5.74) is 1.64. The van der Waals surface area contributed by atoms with E-state index in [1.807, 2.05) is 28.8 Å². The van der Waals surface area contributed by atoms with E-state index in [0.29, 0.717) is 28.2 Å². The fourth-order valence-corrected chi connectivity index (χ4v) is 3.84. The molecule has 2 N–H and O–H groups in total. The van der Waals surface area contributed by atoms with Gasteiger partial charge in [0, 0.05) is 23.7 Å². The molecule has 0 aliphatic carbocycles. The molecule has 9 heteroatoms. The van der Waals surface area contributed by atoms with Gasteiger partial charge >= 0.3 is 5.97 Å². The van der Waals surface area contributed by atoms with Gasteiger partial charge in [0.15, 0.2) is 5.16 Å². The third kappa shape index (κ3) is 6.57. The highest BCUT2D eigenvalue weighted by molar-refractivity contribution is 7.99. The number of halogens is 1. The fourth-order valence-electron chi connectivity index (χ4n) is 2.95. The molecule has 0 aliphatic rings. The molecule has 0 saturated heterocycles. The molecule has 0 aliphatic heterocycles. The Morgan fingerprint density at radius 2 is 1.90 bits per heavy atom. The minimum Gasteiger partial charge on any atom is -0.478 e. The number of thioether (sulfide) groups is 1. The summed E-state index contributed by atoms with van der Waals surface area (Å²) >= 11 is 7.27. The highest BCUT2D eigenvalue weighted by atomic mass is 35.5. The number of nitrogens with zero attached hydrogens (tertiary/aromatic N) is 3. The predicted octanol–water partition coefficient (Wildman–Crippen LogP) is 4.61. The van der Waals surface area contributed by atoms with Gasteiger partial charge in [0.25, 0.3) is 0 Å². The molecule has 0 spiro atoms. The third-order valence-corrected chi connectivity index (χ3v) is 5.56. The van der Waals surface area contributed by atoms with Crippen LogP contribution in [-0.4, -0.2) is 37.5 Å². The lowest BCUT2D eigenvalue weighted by Crippen LogP contribution is -2.16. The standard InChI is InChI=1S/C22H23ClN4O3S/c1-14(2)12-27-19(10-15-6-8-17(23)9-7-15)25-26-22(27)31-13-20(28)24-18-5-3-4-16(11-18)21(29)30/h3-9,11,14H,10,12-13H2,1-2H3,(H,24,28)(H,29,30). The molecule has 0 unspecified atom stereocenters. The lowest BCUT2D eigenvalue weighted by molar-refractivity contribution is -0.113. The van der Waals surface area contributed by atoms with Gasteiger partial charge in [-0.25, -0.2) is 4.79 Å². The van der Waals surface area contributed by atoms with Crippen LogP contribution in [0.2, 0.25) is 5.02 Å². The first-order valence-corrected chi connectivity index (χ1v) is 11.1. The highest BCUT2D eigenvalue weighted by Gasteiger charge is 2.16. The number of aromatic carboxylic acids is 1. The van der Waals surface area contributed by atoms with Crippen molar-refractivity contribution < 1.29 is 14.7 Å². The summed E-state index contributed by atoms with van der Waals surface area (Å²) in [6.07, 6.45) is 0.617. The Hall–Kier alpha value is -2.84. The van der Waals surface area contributed by atoms with E-state index < -0.39 is 5.97 Å². The van der Waals surface area contributed by atoms with Crippen LogP contribution in [0.4, 0.5) is 5.69 Å². The molecule has 2 aromatic carbocycles. The molecule has 1 amide bonds. The number of carbonyl (C=O) groups is 2. The quantitative estimate of drug-likeness (QED) is 0.454. The summed E-state index contributed by atoms with van der Waals surface area (Å²) in [6, 6.07) is 13.8. The van der Waals surface area contributed by atoms with Gasteiger partial charge in [0.05, 0.1) is 11.3 Å². The number of carboxylic acid groups (broad SMARTS) is 1. The molecule has 1 aromatic heterocycles. The Kier molecular flexibility index (Phi) is 7.70. The zero-order valence-corrected chi connectivity index (χ0v) is 18.8. The molecule has 0 radical (unpaired) electrons. The van der Waals surface area contributed by atoms with Gasteiger partial charge in [-0.1, -0.05) is 55.4 Å².